The van der Waals surface area contributed by atoms with Crippen molar-refractivity contribution in [1.82, 2.24) is 16.0 Å². The quantitative estimate of drug-likeness (QED) is 0.218. The van der Waals surface area contributed by atoms with E-state index in [-0.39, 0.29) is 18.1 Å². The number of nitrogens with two attached hydrogens (primary N) is 1. The van der Waals surface area contributed by atoms with Crippen LogP contribution in [0.2, 0.25) is 0 Å². The van der Waals surface area contributed by atoms with Gasteiger partial charge in [-0.2, -0.15) is 11.8 Å². The van der Waals surface area contributed by atoms with Crippen molar-refractivity contribution in [3.8, 4) is 5.75 Å². The van der Waals surface area contributed by atoms with Gasteiger partial charge in [0.25, 0.3) is 0 Å². The highest BCUT2D eigenvalue weighted by Crippen LogP contribution is 2.11. The van der Waals surface area contributed by atoms with Crippen LogP contribution >= 0.6 is 11.8 Å². The van der Waals surface area contributed by atoms with Gasteiger partial charge in [-0.15, -0.1) is 0 Å². The van der Waals surface area contributed by atoms with Crippen molar-refractivity contribution in [2.75, 3.05) is 12.0 Å². The van der Waals surface area contributed by atoms with Crippen LogP contribution in [-0.2, 0) is 25.6 Å². The first-order valence-electron chi connectivity index (χ1n) is 11.2. The number of carbonyl (C=O) groups is 4. The fourth-order valence-corrected chi connectivity index (χ4v) is 3.57. The molecule has 0 radical (unpaired) electrons. The fraction of sp³-hybridized carbons (Fsp3) is 0.565. The second-order valence-corrected chi connectivity index (χ2v) is 9.25. The molecule has 0 aliphatic heterocycles. The number of hydrogen-bond donors (Lipinski definition) is 6. The molecule has 0 aliphatic carbocycles. The molecular formula is C23H36N4O6S. The van der Waals surface area contributed by atoms with Gasteiger partial charge in [0, 0.05) is 0 Å². The van der Waals surface area contributed by atoms with Crippen molar-refractivity contribution in [1.29, 1.82) is 0 Å². The average molecular weight is 497 g/mol. The van der Waals surface area contributed by atoms with Gasteiger partial charge in [-0.3, -0.25) is 14.4 Å². The van der Waals surface area contributed by atoms with Crippen LogP contribution in [0.4, 0.5) is 0 Å². The Morgan fingerprint density at radius 2 is 1.62 bits per heavy atom. The molecular weight excluding hydrogens is 460 g/mol. The van der Waals surface area contributed by atoms with Crippen LogP contribution in [-0.4, -0.2) is 70.1 Å². The van der Waals surface area contributed by atoms with Crippen LogP contribution in [0.15, 0.2) is 24.3 Å². The van der Waals surface area contributed by atoms with E-state index in [1.807, 2.05) is 13.2 Å². The number of carboxylic acid groups (broad SMARTS) is 1. The standard InChI is InChI=1S/C23H36N4O6S/c1-5-13(2)19(23(32)33)27-22(31)18(10-11-34-4)26-20(29)14(3)25-21(30)17(24)12-15-6-8-16(28)9-7-15/h6-9,13-14,17-19,28H,5,10-12,24H2,1-4H3,(H,25,30)(H,26,29)(H,27,31)(H,32,33). The fourth-order valence-electron chi connectivity index (χ4n) is 3.10. The molecule has 5 unspecified atom stereocenters. The van der Waals surface area contributed by atoms with Gasteiger partial charge in [0.15, 0.2) is 0 Å². The van der Waals surface area contributed by atoms with E-state index in [0.717, 1.165) is 5.56 Å². The Hall–Kier alpha value is -2.79. The number of thioether (sulfide) groups is 1. The molecule has 0 saturated heterocycles. The van der Waals surface area contributed by atoms with E-state index in [1.165, 1.54) is 30.8 Å². The summed E-state index contributed by atoms with van der Waals surface area (Å²) in [5, 5.41) is 26.5. The maximum Gasteiger partial charge on any atom is 0.326 e. The van der Waals surface area contributed by atoms with Crippen LogP contribution < -0.4 is 21.7 Å². The molecule has 190 valence electrons. The summed E-state index contributed by atoms with van der Waals surface area (Å²) < 4.78 is 0. The van der Waals surface area contributed by atoms with E-state index in [1.54, 1.807) is 19.1 Å². The zero-order chi connectivity index (χ0) is 25.8. The lowest BCUT2D eigenvalue weighted by Gasteiger charge is -2.25. The van der Waals surface area contributed by atoms with E-state index in [0.29, 0.717) is 18.6 Å². The predicted molar refractivity (Wildman–Crippen MR) is 131 cm³/mol. The summed E-state index contributed by atoms with van der Waals surface area (Å²) in [5.41, 5.74) is 6.70. The van der Waals surface area contributed by atoms with E-state index >= 15 is 0 Å². The van der Waals surface area contributed by atoms with Gasteiger partial charge < -0.3 is 31.9 Å². The highest BCUT2D eigenvalue weighted by Gasteiger charge is 2.30. The van der Waals surface area contributed by atoms with Gasteiger partial charge in [0.1, 0.15) is 23.9 Å². The zero-order valence-electron chi connectivity index (χ0n) is 20.0. The van der Waals surface area contributed by atoms with E-state index in [4.69, 9.17) is 5.73 Å². The van der Waals surface area contributed by atoms with E-state index in [2.05, 4.69) is 16.0 Å². The Labute approximate surface area is 204 Å². The number of benzene rings is 1. The maximum absolute atomic E-state index is 12.8. The van der Waals surface area contributed by atoms with Gasteiger partial charge >= 0.3 is 5.97 Å². The van der Waals surface area contributed by atoms with E-state index in [9.17, 15) is 29.4 Å². The molecule has 7 N–H and O–H groups in total. The lowest BCUT2D eigenvalue weighted by molar-refractivity contribution is -0.143. The van der Waals surface area contributed by atoms with Gasteiger partial charge in [-0.1, -0.05) is 32.4 Å². The van der Waals surface area contributed by atoms with Crippen LogP contribution in [0.1, 0.15) is 39.2 Å². The second-order valence-electron chi connectivity index (χ2n) is 8.26. The third-order valence-corrected chi connectivity index (χ3v) is 6.15. The second kappa shape index (κ2) is 14.5. The lowest BCUT2D eigenvalue weighted by atomic mass is 9.98. The zero-order valence-corrected chi connectivity index (χ0v) is 20.9. The topological polar surface area (TPSA) is 171 Å². The molecule has 10 nitrogen and oxygen atoms in total. The first-order chi connectivity index (χ1) is 16.0. The van der Waals surface area contributed by atoms with Crippen molar-refractivity contribution in [3.05, 3.63) is 29.8 Å². The minimum atomic E-state index is -1.14. The number of carbonyl (C=O) groups excluding carboxylic acids is 3. The van der Waals surface area contributed by atoms with Gasteiger partial charge in [-0.25, -0.2) is 4.79 Å². The summed E-state index contributed by atoms with van der Waals surface area (Å²) in [6, 6.07) is 2.39. The Morgan fingerprint density at radius 3 is 2.15 bits per heavy atom. The molecule has 0 bridgehead atoms. The van der Waals surface area contributed by atoms with Crippen molar-refractivity contribution in [2.45, 2.75) is 64.2 Å². The molecule has 11 heteroatoms. The maximum atomic E-state index is 12.8. The number of carboxylic acids is 1. The number of phenolic OH excluding ortho intramolecular Hbond substituents is 1. The highest BCUT2D eigenvalue weighted by molar-refractivity contribution is 7.98. The first-order valence-corrected chi connectivity index (χ1v) is 12.6. The van der Waals surface area contributed by atoms with Crippen LogP contribution in [0, 0.1) is 5.92 Å². The first kappa shape index (κ1) is 29.2. The number of nitrogens with one attached hydrogen (secondary N) is 3. The molecule has 1 aromatic rings. The molecule has 0 fully saturated rings. The highest BCUT2D eigenvalue weighted by atomic mass is 32.2. The lowest BCUT2D eigenvalue weighted by Crippen LogP contribution is -2.57. The largest absolute Gasteiger partial charge is 0.508 e. The molecule has 34 heavy (non-hydrogen) atoms. The average Bonchev–Trinajstić information content (AvgIpc) is 2.80. The van der Waals surface area contributed by atoms with Crippen LogP contribution in [0.25, 0.3) is 0 Å². The number of aromatic hydroxyl groups is 1. The Morgan fingerprint density at radius 1 is 1.00 bits per heavy atom. The van der Waals surface area contributed by atoms with E-state index < -0.39 is 47.9 Å². The number of rotatable bonds is 14. The molecule has 0 heterocycles. The molecule has 0 aromatic heterocycles. The molecule has 0 saturated carbocycles. The number of aliphatic carboxylic acids is 1. The van der Waals surface area contributed by atoms with Crippen molar-refractivity contribution in [2.24, 2.45) is 11.7 Å². The summed E-state index contributed by atoms with van der Waals surface area (Å²) in [6.07, 6.45) is 2.93. The van der Waals surface area contributed by atoms with Crippen molar-refractivity contribution in [3.63, 3.8) is 0 Å². The van der Waals surface area contributed by atoms with Gasteiger partial charge in [-0.05, 0) is 55.4 Å². The Balaban J connectivity index is 2.75. The molecule has 0 aliphatic rings. The van der Waals surface area contributed by atoms with Crippen LogP contribution in [0.3, 0.4) is 0 Å². The SMILES string of the molecule is CCC(C)C(NC(=O)C(CCSC)NC(=O)C(C)NC(=O)C(N)Cc1ccc(O)cc1)C(=O)O. The molecule has 3 amide bonds. The Kier molecular flexibility index (Phi) is 12.4. The monoisotopic (exact) mass is 496 g/mol. The van der Waals surface area contributed by atoms with Gasteiger partial charge in [0.05, 0.1) is 6.04 Å². The van der Waals surface area contributed by atoms with Crippen molar-refractivity contribution < 1.29 is 29.4 Å². The van der Waals surface area contributed by atoms with Gasteiger partial charge in [0.2, 0.25) is 17.7 Å². The Bertz CT molecular complexity index is 835. The number of phenols is 1. The summed E-state index contributed by atoms with van der Waals surface area (Å²) in [5.74, 6) is -2.46. The molecule has 0 spiro atoms. The molecule has 5 atom stereocenters. The number of hydrogen-bond acceptors (Lipinski definition) is 7. The van der Waals surface area contributed by atoms with Crippen molar-refractivity contribution >= 4 is 35.5 Å². The third-order valence-electron chi connectivity index (χ3n) is 5.50. The minimum Gasteiger partial charge on any atom is -0.508 e. The number of amides is 3. The summed E-state index contributed by atoms with van der Waals surface area (Å²) >= 11 is 1.49. The summed E-state index contributed by atoms with van der Waals surface area (Å²) in [4.78, 5) is 49.5. The smallest absolute Gasteiger partial charge is 0.326 e. The molecule has 1 aromatic carbocycles. The normalized spacial score (nSPS) is 15.3. The summed E-state index contributed by atoms with van der Waals surface area (Å²) in [7, 11) is 0. The molecule has 1 rings (SSSR count). The van der Waals surface area contributed by atoms with Crippen LogP contribution in [0.5, 0.6) is 5.75 Å². The third kappa shape index (κ3) is 9.60. The minimum absolute atomic E-state index is 0.103. The summed E-state index contributed by atoms with van der Waals surface area (Å²) in [6.45, 7) is 5.04. The predicted octanol–water partition coefficient (Wildman–Crippen LogP) is 0.620.